The second-order valence-corrected chi connectivity index (χ2v) is 8.65. The average molecular weight is 387 g/mol. The molecule has 19 heavy (non-hydrogen) atoms. The summed E-state index contributed by atoms with van der Waals surface area (Å²) in [5.74, 6) is 0.460. The first-order valence-electron chi connectivity index (χ1n) is 5.91. The van der Waals surface area contributed by atoms with Gasteiger partial charge in [-0.05, 0) is 30.5 Å². The highest BCUT2D eigenvalue weighted by Gasteiger charge is 2.33. The maximum atomic E-state index is 12.6. The summed E-state index contributed by atoms with van der Waals surface area (Å²) < 4.78 is 26.6. The molecule has 7 heteroatoms. The lowest BCUT2D eigenvalue weighted by Crippen LogP contribution is -2.43. The molecule has 1 heterocycles. The molecule has 0 bridgehead atoms. The third-order valence-corrected chi connectivity index (χ3v) is 7.11. The molecule has 0 N–H and O–H groups in total. The molecule has 1 aliphatic heterocycles. The van der Waals surface area contributed by atoms with Gasteiger partial charge in [0, 0.05) is 22.9 Å². The molecule has 0 radical (unpaired) electrons. The zero-order valence-electron chi connectivity index (χ0n) is 10.3. The maximum Gasteiger partial charge on any atom is 0.244 e. The van der Waals surface area contributed by atoms with E-state index in [1.54, 1.807) is 6.07 Å². The number of sulfonamides is 1. The maximum absolute atomic E-state index is 12.6. The Hall–Kier alpha value is 0.190. The Morgan fingerprint density at radius 2 is 2.05 bits per heavy atom. The molecular weight excluding hydrogens is 373 g/mol. The van der Waals surface area contributed by atoms with E-state index in [2.05, 4.69) is 22.9 Å². The second kappa shape index (κ2) is 5.90. The number of piperidine rings is 1. The van der Waals surface area contributed by atoms with E-state index in [0.29, 0.717) is 24.0 Å². The molecule has 106 valence electrons. The molecule has 0 aromatic heterocycles. The van der Waals surface area contributed by atoms with E-state index in [-0.39, 0.29) is 14.7 Å². The third-order valence-electron chi connectivity index (χ3n) is 3.34. The number of hydrogen-bond acceptors (Lipinski definition) is 2. The zero-order valence-corrected chi connectivity index (χ0v) is 14.2. The molecule has 2 rings (SSSR count). The van der Waals surface area contributed by atoms with Crippen molar-refractivity contribution < 1.29 is 8.42 Å². The predicted molar refractivity (Wildman–Crippen MR) is 81.7 cm³/mol. The highest BCUT2D eigenvalue weighted by Crippen LogP contribution is 2.31. The van der Waals surface area contributed by atoms with Crippen LogP contribution in [0.25, 0.3) is 0 Å². The van der Waals surface area contributed by atoms with Gasteiger partial charge in [-0.25, -0.2) is 8.42 Å². The molecule has 0 aliphatic carbocycles. The Morgan fingerprint density at radius 1 is 1.37 bits per heavy atom. The number of alkyl halides is 1. The summed E-state index contributed by atoms with van der Waals surface area (Å²) in [4.78, 5) is 0.241. The van der Waals surface area contributed by atoms with Gasteiger partial charge >= 0.3 is 0 Å². The lowest BCUT2D eigenvalue weighted by Gasteiger charge is -2.33. The van der Waals surface area contributed by atoms with Gasteiger partial charge in [0.2, 0.25) is 10.0 Å². The fourth-order valence-corrected chi connectivity index (χ4v) is 5.05. The van der Waals surface area contributed by atoms with Gasteiger partial charge in [-0.3, -0.25) is 0 Å². The summed E-state index contributed by atoms with van der Waals surface area (Å²) in [5, 5.41) is 0.567. The predicted octanol–water partition coefficient (Wildman–Crippen LogP) is 3.79. The van der Waals surface area contributed by atoms with E-state index >= 15 is 0 Å². The van der Waals surface area contributed by atoms with Crippen LogP contribution in [-0.2, 0) is 10.0 Å². The highest BCUT2D eigenvalue weighted by atomic mass is 79.9. The fraction of sp³-hybridized carbons (Fsp3) is 0.500. The molecule has 1 fully saturated rings. The van der Waals surface area contributed by atoms with Crippen molar-refractivity contribution in [3.8, 4) is 0 Å². The van der Waals surface area contributed by atoms with E-state index in [1.807, 2.05) is 0 Å². The van der Waals surface area contributed by atoms with Crippen LogP contribution in [0.3, 0.4) is 0 Å². The molecule has 2 atom stereocenters. The van der Waals surface area contributed by atoms with Crippen LogP contribution >= 0.6 is 39.1 Å². The SMILES string of the molecule is CC1CCN(S(=O)(=O)c2cc(Cl)ccc2Cl)CC1Br. The largest absolute Gasteiger partial charge is 0.244 e. The number of halogens is 3. The van der Waals surface area contributed by atoms with Crippen molar-refractivity contribution >= 4 is 49.2 Å². The van der Waals surface area contributed by atoms with Crippen LogP contribution < -0.4 is 0 Å². The van der Waals surface area contributed by atoms with Crippen LogP contribution in [0.15, 0.2) is 23.1 Å². The van der Waals surface area contributed by atoms with E-state index in [9.17, 15) is 8.42 Å². The fourth-order valence-electron chi connectivity index (χ4n) is 2.03. The van der Waals surface area contributed by atoms with Crippen LogP contribution in [0.2, 0.25) is 10.0 Å². The molecule has 0 amide bonds. The molecule has 3 nitrogen and oxygen atoms in total. The van der Waals surface area contributed by atoms with Crippen molar-refractivity contribution in [3.05, 3.63) is 28.2 Å². The van der Waals surface area contributed by atoms with Crippen LogP contribution in [0.5, 0.6) is 0 Å². The molecule has 0 saturated carbocycles. The Bertz CT molecular complexity index is 579. The summed E-state index contributed by atoms with van der Waals surface area (Å²) in [7, 11) is -3.58. The van der Waals surface area contributed by atoms with Crippen molar-refractivity contribution in [2.24, 2.45) is 5.92 Å². The minimum atomic E-state index is -3.58. The van der Waals surface area contributed by atoms with E-state index in [1.165, 1.54) is 16.4 Å². The Labute approximate surface area is 132 Å². The molecule has 1 aliphatic rings. The number of rotatable bonds is 2. The summed E-state index contributed by atoms with van der Waals surface area (Å²) in [6, 6.07) is 4.49. The van der Waals surface area contributed by atoms with Gasteiger partial charge in [0.1, 0.15) is 4.90 Å². The van der Waals surface area contributed by atoms with Crippen molar-refractivity contribution in [2.45, 2.75) is 23.1 Å². The van der Waals surface area contributed by atoms with Gasteiger partial charge in [0.25, 0.3) is 0 Å². The van der Waals surface area contributed by atoms with Crippen LogP contribution in [0.1, 0.15) is 13.3 Å². The molecule has 1 aromatic rings. The van der Waals surface area contributed by atoms with Gasteiger partial charge in [-0.15, -0.1) is 0 Å². The Morgan fingerprint density at radius 3 is 2.68 bits per heavy atom. The monoisotopic (exact) mass is 385 g/mol. The van der Waals surface area contributed by atoms with E-state index in [4.69, 9.17) is 23.2 Å². The van der Waals surface area contributed by atoms with Crippen molar-refractivity contribution in [2.75, 3.05) is 13.1 Å². The average Bonchev–Trinajstić information content (AvgIpc) is 2.35. The molecule has 1 aromatic carbocycles. The summed E-state index contributed by atoms with van der Waals surface area (Å²) in [6.45, 7) is 3.07. The minimum absolute atomic E-state index is 0.0796. The normalized spacial score (nSPS) is 25.5. The molecular formula is C12H14BrCl2NO2S. The lowest BCUT2D eigenvalue weighted by atomic mass is 10.0. The lowest BCUT2D eigenvalue weighted by molar-refractivity contribution is 0.300. The van der Waals surface area contributed by atoms with Crippen molar-refractivity contribution in [1.82, 2.24) is 4.31 Å². The van der Waals surface area contributed by atoms with Gasteiger partial charge in [0.15, 0.2) is 0 Å². The van der Waals surface area contributed by atoms with Gasteiger partial charge in [-0.2, -0.15) is 4.31 Å². The Kier molecular flexibility index (Phi) is 4.83. The summed E-state index contributed by atoms with van der Waals surface area (Å²) >= 11 is 15.4. The highest BCUT2D eigenvalue weighted by molar-refractivity contribution is 9.09. The van der Waals surface area contributed by atoms with E-state index < -0.39 is 10.0 Å². The van der Waals surface area contributed by atoms with Gasteiger partial charge in [-0.1, -0.05) is 46.1 Å². The quantitative estimate of drug-likeness (QED) is 0.725. The minimum Gasteiger partial charge on any atom is -0.207 e. The number of nitrogens with zero attached hydrogens (tertiary/aromatic N) is 1. The van der Waals surface area contributed by atoms with E-state index in [0.717, 1.165) is 6.42 Å². The van der Waals surface area contributed by atoms with Crippen LogP contribution in [-0.4, -0.2) is 30.6 Å². The van der Waals surface area contributed by atoms with Gasteiger partial charge in [0.05, 0.1) is 5.02 Å². The Balaban J connectivity index is 2.35. The summed E-state index contributed by atoms with van der Waals surface area (Å²) in [5.41, 5.74) is 0. The first-order chi connectivity index (χ1) is 8.82. The molecule has 0 spiro atoms. The van der Waals surface area contributed by atoms with Crippen molar-refractivity contribution in [1.29, 1.82) is 0 Å². The number of benzene rings is 1. The first-order valence-corrected chi connectivity index (χ1v) is 9.03. The first kappa shape index (κ1) is 15.6. The smallest absolute Gasteiger partial charge is 0.207 e. The molecule has 2 unspecified atom stereocenters. The summed E-state index contributed by atoms with van der Waals surface area (Å²) in [6.07, 6.45) is 0.827. The second-order valence-electron chi connectivity index (χ2n) is 4.72. The topological polar surface area (TPSA) is 37.4 Å². The number of hydrogen-bond donors (Lipinski definition) is 0. The third kappa shape index (κ3) is 3.27. The van der Waals surface area contributed by atoms with Crippen molar-refractivity contribution in [3.63, 3.8) is 0 Å². The van der Waals surface area contributed by atoms with Crippen LogP contribution in [0, 0.1) is 5.92 Å². The molecule has 1 saturated heterocycles. The van der Waals surface area contributed by atoms with Gasteiger partial charge < -0.3 is 0 Å². The standard InChI is InChI=1S/C12H14BrCl2NO2S/c1-8-4-5-16(7-10(8)13)19(17,18)12-6-9(14)2-3-11(12)15/h2-3,6,8,10H,4-5,7H2,1H3. The van der Waals surface area contributed by atoms with Crippen LogP contribution in [0.4, 0.5) is 0 Å². The zero-order chi connectivity index (χ0) is 14.2.